The van der Waals surface area contributed by atoms with E-state index in [4.69, 9.17) is 11.6 Å². The summed E-state index contributed by atoms with van der Waals surface area (Å²) in [5.41, 5.74) is 1.43. The summed E-state index contributed by atoms with van der Waals surface area (Å²) in [7, 11) is 0. The van der Waals surface area contributed by atoms with Crippen molar-refractivity contribution in [2.24, 2.45) is 0 Å². The van der Waals surface area contributed by atoms with Gasteiger partial charge in [-0.2, -0.15) is 0 Å². The molecule has 3 nitrogen and oxygen atoms in total. The lowest BCUT2D eigenvalue weighted by molar-refractivity contribution is 0.0764. The number of hydrogen-bond acceptors (Lipinski definition) is 2. The largest absolute Gasteiger partial charge is 0.391 e. The number of aliphatic hydroxyl groups excluding tert-OH is 1. The predicted octanol–water partition coefficient (Wildman–Crippen LogP) is 1.86. The summed E-state index contributed by atoms with van der Waals surface area (Å²) in [4.78, 5) is 13.8. The van der Waals surface area contributed by atoms with Gasteiger partial charge in [0.05, 0.1) is 6.10 Å². The summed E-state index contributed by atoms with van der Waals surface area (Å²) in [6.45, 7) is 2.87. The second kappa shape index (κ2) is 4.44. The van der Waals surface area contributed by atoms with Crippen LogP contribution in [0.4, 0.5) is 0 Å². The lowest BCUT2D eigenvalue weighted by Crippen LogP contribution is -2.30. The fraction of sp³-hybridized carbons (Fsp3) is 0.417. The molecule has 16 heavy (non-hydrogen) atoms. The van der Waals surface area contributed by atoms with Crippen LogP contribution >= 0.6 is 11.6 Å². The van der Waals surface area contributed by atoms with E-state index in [2.05, 4.69) is 0 Å². The number of nitrogens with zero attached hydrogens (tertiary/aromatic N) is 1. The van der Waals surface area contributed by atoms with Crippen LogP contribution in [-0.2, 0) is 0 Å². The molecule has 0 bridgehead atoms. The molecule has 1 amide bonds. The molecule has 1 atom stereocenters. The monoisotopic (exact) mass is 239 g/mol. The van der Waals surface area contributed by atoms with Gasteiger partial charge in [-0.1, -0.05) is 17.7 Å². The molecule has 0 aromatic heterocycles. The molecular formula is C12H14ClNO2. The van der Waals surface area contributed by atoms with Gasteiger partial charge in [0.2, 0.25) is 0 Å². The Labute approximate surface area is 99.6 Å². The van der Waals surface area contributed by atoms with Gasteiger partial charge in [-0.25, -0.2) is 0 Å². The highest BCUT2D eigenvalue weighted by Gasteiger charge is 2.26. The molecule has 1 N–H and O–H groups in total. The molecule has 1 fully saturated rings. The Balaban J connectivity index is 2.24. The lowest BCUT2D eigenvalue weighted by Gasteiger charge is -2.17. The van der Waals surface area contributed by atoms with Crippen molar-refractivity contribution in [2.45, 2.75) is 19.4 Å². The van der Waals surface area contributed by atoms with Crippen LogP contribution in [0.1, 0.15) is 22.3 Å². The van der Waals surface area contributed by atoms with E-state index in [0.717, 1.165) is 5.56 Å². The highest BCUT2D eigenvalue weighted by molar-refractivity contribution is 6.31. The van der Waals surface area contributed by atoms with E-state index in [0.29, 0.717) is 30.1 Å². The van der Waals surface area contributed by atoms with Crippen molar-refractivity contribution in [1.29, 1.82) is 0 Å². The van der Waals surface area contributed by atoms with E-state index >= 15 is 0 Å². The van der Waals surface area contributed by atoms with Crippen LogP contribution < -0.4 is 0 Å². The highest BCUT2D eigenvalue weighted by Crippen LogP contribution is 2.21. The zero-order valence-electron chi connectivity index (χ0n) is 9.11. The third-order valence-corrected chi connectivity index (χ3v) is 3.36. The maximum Gasteiger partial charge on any atom is 0.254 e. The Morgan fingerprint density at radius 3 is 2.94 bits per heavy atom. The zero-order valence-corrected chi connectivity index (χ0v) is 9.87. The molecule has 1 heterocycles. The van der Waals surface area contributed by atoms with Gasteiger partial charge in [-0.3, -0.25) is 4.79 Å². The van der Waals surface area contributed by atoms with Crippen LogP contribution in [0.5, 0.6) is 0 Å². The first kappa shape index (κ1) is 11.4. The quantitative estimate of drug-likeness (QED) is 0.813. The van der Waals surface area contributed by atoms with E-state index < -0.39 is 0 Å². The van der Waals surface area contributed by atoms with E-state index in [1.165, 1.54) is 0 Å². The van der Waals surface area contributed by atoms with Gasteiger partial charge in [0.25, 0.3) is 5.91 Å². The molecule has 0 spiro atoms. The number of rotatable bonds is 1. The van der Waals surface area contributed by atoms with Crippen LogP contribution in [0, 0.1) is 6.92 Å². The molecule has 0 radical (unpaired) electrons. The Bertz CT molecular complexity index is 419. The summed E-state index contributed by atoms with van der Waals surface area (Å²) >= 11 is 5.97. The number of likely N-dealkylation sites (tertiary alicyclic amines) is 1. The van der Waals surface area contributed by atoms with Gasteiger partial charge in [0, 0.05) is 23.7 Å². The van der Waals surface area contributed by atoms with Crippen molar-refractivity contribution >= 4 is 17.5 Å². The maximum absolute atomic E-state index is 12.1. The first-order chi connectivity index (χ1) is 7.59. The maximum atomic E-state index is 12.1. The number of hydrogen-bond donors (Lipinski definition) is 1. The van der Waals surface area contributed by atoms with E-state index in [-0.39, 0.29) is 12.0 Å². The van der Waals surface area contributed by atoms with Crippen molar-refractivity contribution in [3.8, 4) is 0 Å². The molecule has 1 aliphatic heterocycles. The van der Waals surface area contributed by atoms with Crippen molar-refractivity contribution in [3.63, 3.8) is 0 Å². The summed E-state index contributed by atoms with van der Waals surface area (Å²) < 4.78 is 0. The van der Waals surface area contributed by atoms with Crippen LogP contribution in [0.15, 0.2) is 18.2 Å². The fourth-order valence-corrected chi connectivity index (χ4v) is 2.11. The Morgan fingerprint density at radius 2 is 2.31 bits per heavy atom. The minimum atomic E-state index is -0.386. The zero-order chi connectivity index (χ0) is 11.7. The molecule has 1 saturated heterocycles. The van der Waals surface area contributed by atoms with Gasteiger partial charge in [0.1, 0.15) is 0 Å². The second-order valence-corrected chi connectivity index (χ2v) is 4.51. The van der Waals surface area contributed by atoms with Gasteiger partial charge in [-0.15, -0.1) is 0 Å². The van der Waals surface area contributed by atoms with Crippen LogP contribution in [0.2, 0.25) is 5.02 Å². The average Bonchev–Trinajstić information content (AvgIpc) is 2.68. The van der Waals surface area contributed by atoms with E-state index in [1.54, 1.807) is 23.1 Å². The number of amides is 1. The number of carbonyl (C=O) groups excluding carboxylic acids is 1. The van der Waals surface area contributed by atoms with Gasteiger partial charge in [-0.05, 0) is 31.0 Å². The highest BCUT2D eigenvalue weighted by atomic mass is 35.5. The Hall–Kier alpha value is -1.06. The Morgan fingerprint density at radius 1 is 1.56 bits per heavy atom. The third-order valence-electron chi connectivity index (χ3n) is 2.95. The van der Waals surface area contributed by atoms with Gasteiger partial charge >= 0.3 is 0 Å². The molecule has 1 aromatic rings. The smallest absolute Gasteiger partial charge is 0.254 e. The molecule has 4 heteroatoms. The number of β-amino-alcohol motifs (C(OH)–C–C–N with tert-alkyl or cyclic N) is 1. The summed E-state index contributed by atoms with van der Waals surface area (Å²) in [6.07, 6.45) is 0.272. The van der Waals surface area contributed by atoms with Crippen molar-refractivity contribution in [2.75, 3.05) is 13.1 Å². The van der Waals surface area contributed by atoms with Crippen molar-refractivity contribution in [3.05, 3.63) is 34.3 Å². The Kier molecular flexibility index (Phi) is 3.17. The fourth-order valence-electron chi connectivity index (χ4n) is 1.94. The second-order valence-electron chi connectivity index (χ2n) is 4.11. The van der Waals surface area contributed by atoms with E-state index in [9.17, 15) is 9.90 Å². The average molecular weight is 240 g/mol. The third kappa shape index (κ3) is 2.06. The van der Waals surface area contributed by atoms with Gasteiger partial charge < -0.3 is 10.0 Å². The summed E-state index contributed by atoms with van der Waals surface area (Å²) in [5, 5.41) is 10.0. The molecular weight excluding hydrogens is 226 g/mol. The first-order valence-corrected chi connectivity index (χ1v) is 5.70. The van der Waals surface area contributed by atoms with Crippen LogP contribution in [0.3, 0.4) is 0 Å². The molecule has 1 aliphatic rings. The molecule has 0 aliphatic carbocycles. The van der Waals surface area contributed by atoms with Crippen molar-refractivity contribution in [1.82, 2.24) is 4.90 Å². The number of aliphatic hydroxyl groups is 1. The molecule has 0 saturated carbocycles. The van der Waals surface area contributed by atoms with Crippen molar-refractivity contribution < 1.29 is 9.90 Å². The standard InChI is InChI=1S/C12H14ClNO2/c1-8-10(3-2-4-11(8)13)12(16)14-6-5-9(15)7-14/h2-4,9,15H,5-7H2,1H3. The van der Waals surface area contributed by atoms with E-state index in [1.807, 2.05) is 6.92 Å². The molecule has 1 unspecified atom stereocenters. The molecule has 1 aromatic carbocycles. The minimum Gasteiger partial charge on any atom is -0.391 e. The molecule has 86 valence electrons. The number of benzene rings is 1. The molecule has 2 rings (SSSR count). The normalized spacial score (nSPS) is 20.2. The summed E-state index contributed by atoms with van der Waals surface area (Å²) in [6, 6.07) is 5.32. The first-order valence-electron chi connectivity index (χ1n) is 5.32. The SMILES string of the molecule is Cc1c(Cl)cccc1C(=O)N1CCC(O)C1. The topological polar surface area (TPSA) is 40.5 Å². The predicted molar refractivity (Wildman–Crippen MR) is 62.7 cm³/mol. The number of carbonyl (C=O) groups is 1. The van der Waals surface area contributed by atoms with Crippen LogP contribution in [0.25, 0.3) is 0 Å². The minimum absolute atomic E-state index is 0.0449. The van der Waals surface area contributed by atoms with Gasteiger partial charge in [0.15, 0.2) is 0 Å². The van der Waals surface area contributed by atoms with Crippen LogP contribution in [-0.4, -0.2) is 35.1 Å². The summed E-state index contributed by atoms with van der Waals surface area (Å²) in [5.74, 6) is -0.0449. The number of halogens is 1. The lowest BCUT2D eigenvalue weighted by atomic mass is 10.1.